The predicted molar refractivity (Wildman–Crippen MR) is 43.2 cm³/mol. The fraction of sp³-hybridized carbons (Fsp3) is 0.125. The van der Waals surface area contributed by atoms with E-state index in [1.807, 2.05) is 25.1 Å². The molecule has 0 amide bonds. The van der Waals surface area contributed by atoms with Crippen LogP contribution in [0.3, 0.4) is 0 Å². The van der Waals surface area contributed by atoms with Gasteiger partial charge in [-0.3, -0.25) is 0 Å². The van der Waals surface area contributed by atoms with Gasteiger partial charge in [-0.15, -0.1) is 0 Å². The van der Waals surface area contributed by atoms with Gasteiger partial charge in [-0.25, -0.2) is 0 Å². The number of benzene rings is 1. The van der Waals surface area contributed by atoms with Gasteiger partial charge in [0.1, 0.15) is 11.3 Å². The molecule has 1 aromatic carbocycles. The molecule has 2 rings (SSSR count). The van der Waals surface area contributed by atoms with Crippen molar-refractivity contribution in [3.8, 4) is 0 Å². The van der Waals surface area contributed by atoms with Gasteiger partial charge in [-0.1, -0.05) is 11.2 Å². The summed E-state index contributed by atoms with van der Waals surface area (Å²) in [6.45, 7) is 1.85. The van der Waals surface area contributed by atoms with Crippen molar-refractivity contribution in [2.24, 2.45) is 0 Å². The maximum Gasteiger partial charge on any atom is 0.143 e. The summed E-state index contributed by atoms with van der Waals surface area (Å²) in [4.78, 5) is 0. The molecule has 0 aliphatic rings. The number of rotatable bonds is 0. The summed E-state index contributed by atoms with van der Waals surface area (Å²) in [5, 5.41) is 4.75. The van der Waals surface area contributed by atoms with Crippen LogP contribution in [0.5, 0.6) is 0 Å². The lowest BCUT2D eigenvalue weighted by Gasteiger charge is -1.91. The SMILES string of the molecule is Cc1onc2cccc(N)c12. The number of hydrogen-bond donors (Lipinski definition) is 1. The van der Waals surface area contributed by atoms with Crippen molar-refractivity contribution >= 4 is 16.6 Å². The van der Waals surface area contributed by atoms with Crippen molar-refractivity contribution in [3.05, 3.63) is 24.0 Å². The molecule has 0 aliphatic carbocycles. The third-order valence-corrected chi connectivity index (χ3v) is 1.71. The van der Waals surface area contributed by atoms with Crippen LogP contribution >= 0.6 is 0 Å². The molecule has 11 heavy (non-hydrogen) atoms. The first-order valence-corrected chi connectivity index (χ1v) is 3.39. The third-order valence-electron chi connectivity index (χ3n) is 1.71. The lowest BCUT2D eigenvalue weighted by atomic mass is 10.2. The van der Waals surface area contributed by atoms with Crippen molar-refractivity contribution in [3.63, 3.8) is 0 Å². The zero-order valence-corrected chi connectivity index (χ0v) is 6.16. The van der Waals surface area contributed by atoms with Gasteiger partial charge in [0.25, 0.3) is 0 Å². The van der Waals surface area contributed by atoms with Crippen LogP contribution in [0.2, 0.25) is 0 Å². The number of nitrogens with zero attached hydrogens (tertiary/aromatic N) is 1. The second-order valence-electron chi connectivity index (χ2n) is 2.48. The molecule has 0 spiro atoms. The molecule has 2 N–H and O–H groups in total. The minimum atomic E-state index is 0.723. The van der Waals surface area contributed by atoms with Gasteiger partial charge in [-0.2, -0.15) is 0 Å². The van der Waals surface area contributed by atoms with Crippen LogP contribution in [0.25, 0.3) is 10.9 Å². The van der Waals surface area contributed by atoms with Crippen molar-refractivity contribution in [2.75, 3.05) is 5.73 Å². The smallest absolute Gasteiger partial charge is 0.143 e. The molecule has 1 aromatic heterocycles. The molecular weight excluding hydrogens is 140 g/mol. The van der Waals surface area contributed by atoms with Crippen LogP contribution in [0.1, 0.15) is 5.76 Å². The van der Waals surface area contributed by atoms with Gasteiger partial charge in [0.05, 0.1) is 5.39 Å². The van der Waals surface area contributed by atoms with Gasteiger partial charge in [0, 0.05) is 5.69 Å². The van der Waals surface area contributed by atoms with E-state index >= 15 is 0 Å². The summed E-state index contributed by atoms with van der Waals surface area (Å²) in [5.74, 6) is 0.776. The van der Waals surface area contributed by atoms with Gasteiger partial charge in [0.15, 0.2) is 0 Å². The first-order chi connectivity index (χ1) is 5.29. The topological polar surface area (TPSA) is 52.0 Å². The Bertz CT molecular complexity index is 392. The van der Waals surface area contributed by atoms with E-state index in [-0.39, 0.29) is 0 Å². The van der Waals surface area contributed by atoms with Gasteiger partial charge in [-0.05, 0) is 19.1 Å². The lowest BCUT2D eigenvalue weighted by molar-refractivity contribution is 0.405. The Kier molecular flexibility index (Phi) is 1.12. The summed E-state index contributed by atoms with van der Waals surface area (Å²) < 4.78 is 4.97. The molecule has 0 aliphatic heterocycles. The van der Waals surface area contributed by atoms with Crippen LogP contribution in [-0.4, -0.2) is 5.16 Å². The Morgan fingerprint density at radius 1 is 1.45 bits per heavy atom. The Labute approximate surface area is 63.8 Å². The van der Waals surface area contributed by atoms with E-state index in [4.69, 9.17) is 10.3 Å². The number of aryl methyl sites for hydroxylation is 1. The van der Waals surface area contributed by atoms with Crippen LogP contribution in [0, 0.1) is 6.92 Å². The number of fused-ring (bicyclic) bond motifs is 1. The summed E-state index contributed by atoms with van der Waals surface area (Å²) in [7, 11) is 0. The van der Waals surface area contributed by atoms with E-state index in [1.54, 1.807) is 0 Å². The number of anilines is 1. The van der Waals surface area contributed by atoms with Crippen LogP contribution in [0.4, 0.5) is 5.69 Å². The molecule has 3 heteroatoms. The highest BCUT2D eigenvalue weighted by Gasteiger charge is 2.04. The molecule has 0 radical (unpaired) electrons. The molecule has 56 valence electrons. The minimum absolute atomic E-state index is 0.723. The van der Waals surface area contributed by atoms with E-state index in [9.17, 15) is 0 Å². The van der Waals surface area contributed by atoms with Crippen LogP contribution in [0.15, 0.2) is 22.7 Å². The summed E-state index contributed by atoms with van der Waals surface area (Å²) in [6.07, 6.45) is 0. The first-order valence-electron chi connectivity index (χ1n) is 3.39. The molecule has 0 unspecified atom stereocenters. The Balaban J connectivity index is 2.96. The summed E-state index contributed by atoms with van der Waals surface area (Å²) in [5.41, 5.74) is 7.25. The van der Waals surface area contributed by atoms with E-state index < -0.39 is 0 Å². The lowest BCUT2D eigenvalue weighted by Crippen LogP contribution is -1.84. The minimum Gasteiger partial charge on any atom is -0.398 e. The number of hydrogen-bond acceptors (Lipinski definition) is 3. The zero-order chi connectivity index (χ0) is 7.84. The number of nitrogens with two attached hydrogens (primary N) is 1. The van der Waals surface area contributed by atoms with E-state index in [2.05, 4.69) is 5.16 Å². The highest BCUT2D eigenvalue weighted by atomic mass is 16.5. The molecule has 0 fully saturated rings. The Hall–Kier alpha value is -1.51. The fourth-order valence-corrected chi connectivity index (χ4v) is 1.18. The Morgan fingerprint density at radius 3 is 3.00 bits per heavy atom. The summed E-state index contributed by atoms with van der Waals surface area (Å²) >= 11 is 0. The first kappa shape index (κ1) is 6.22. The largest absolute Gasteiger partial charge is 0.398 e. The average molecular weight is 148 g/mol. The van der Waals surface area contributed by atoms with Crippen molar-refractivity contribution in [1.29, 1.82) is 0 Å². The second-order valence-corrected chi connectivity index (χ2v) is 2.48. The predicted octanol–water partition coefficient (Wildman–Crippen LogP) is 1.72. The second kappa shape index (κ2) is 1.99. The van der Waals surface area contributed by atoms with Crippen LogP contribution in [-0.2, 0) is 0 Å². The van der Waals surface area contributed by atoms with Crippen molar-refractivity contribution in [1.82, 2.24) is 5.16 Å². The van der Waals surface area contributed by atoms with Crippen molar-refractivity contribution < 1.29 is 4.52 Å². The fourth-order valence-electron chi connectivity index (χ4n) is 1.18. The quantitative estimate of drug-likeness (QED) is 0.578. The molecule has 3 nitrogen and oxygen atoms in total. The van der Waals surface area contributed by atoms with Gasteiger partial charge in [0.2, 0.25) is 0 Å². The van der Waals surface area contributed by atoms with E-state index in [0.717, 1.165) is 22.4 Å². The number of aromatic nitrogens is 1. The zero-order valence-electron chi connectivity index (χ0n) is 6.16. The van der Waals surface area contributed by atoms with Gasteiger partial charge >= 0.3 is 0 Å². The number of nitrogen functional groups attached to an aromatic ring is 1. The van der Waals surface area contributed by atoms with E-state index in [1.165, 1.54) is 0 Å². The normalized spacial score (nSPS) is 10.6. The van der Waals surface area contributed by atoms with Gasteiger partial charge < -0.3 is 10.3 Å². The third kappa shape index (κ3) is 0.774. The maximum absolute atomic E-state index is 5.70. The standard InChI is InChI=1S/C8H8N2O/c1-5-8-6(9)3-2-4-7(8)10-11-5/h2-4H,9H2,1H3. The highest BCUT2D eigenvalue weighted by molar-refractivity contribution is 5.91. The van der Waals surface area contributed by atoms with Crippen molar-refractivity contribution in [2.45, 2.75) is 6.92 Å². The van der Waals surface area contributed by atoms with Crippen LogP contribution < -0.4 is 5.73 Å². The molecule has 0 saturated heterocycles. The average Bonchev–Trinajstić information content (AvgIpc) is 2.34. The monoisotopic (exact) mass is 148 g/mol. The molecule has 0 bridgehead atoms. The van der Waals surface area contributed by atoms with E-state index in [0.29, 0.717) is 0 Å². The molecule has 1 heterocycles. The molecule has 2 aromatic rings. The molecular formula is C8H8N2O. The molecule has 0 saturated carbocycles. The summed E-state index contributed by atoms with van der Waals surface area (Å²) in [6, 6.07) is 5.58. The maximum atomic E-state index is 5.70. The Morgan fingerprint density at radius 2 is 2.27 bits per heavy atom. The highest BCUT2D eigenvalue weighted by Crippen LogP contribution is 2.22. The molecule has 0 atom stereocenters.